The summed E-state index contributed by atoms with van der Waals surface area (Å²) < 4.78 is 32.9. The van der Waals surface area contributed by atoms with Crippen molar-refractivity contribution in [3.63, 3.8) is 0 Å². The molecule has 2 aromatic carbocycles. The van der Waals surface area contributed by atoms with Crippen molar-refractivity contribution in [2.75, 3.05) is 11.8 Å². The van der Waals surface area contributed by atoms with Crippen LogP contribution in [0.4, 0.5) is 5.69 Å². The number of hydrogen-bond donors (Lipinski definition) is 1. The van der Waals surface area contributed by atoms with E-state index < -0.39 is 10.0 Å². The lowest BCUT2D eigenvalue weighted by molar-refractivity contribution is 0.411. The molecule has 0 heterocycles. The molecule has 4 nitrogen and oxygen atoms in total. The Morgan fingerprint density at radius 1 is 1.05 bits per heavy atom. The first-order chi connectivity index (χ1) is 10.3. The molecule has 0 radical (unpaired) electrons. The molecule has 0 amide bonds. The Labute approximate surface area is 136 Å². The summed E-state index contributed by atoms with van der Waals surface area (Å²) in [5.74, 6) is 0.662. The summed E-state index contributed by atoms with van der Waals surface area (Å²) >= 11 is 6.03. The van der Waals surface area contributed by atoms with Gasteiger partial charge in [-0.1, -0.05) is 17.7 Å². The van der Waals surface area contributed by atoms with Gasteiger partial charge in [-0.05, 0) is 61.7 Å². The lowest BCUT2D eigenvalue weighted by Crippen LogP contribution is -2.15. The van der Waals surface area contributed by atoms with Crippen molar-refractivity contribution in [1.82, 2.24) is 0 Å². The molecule has 0 aliphatic rings. The van der Waals surface area contributed by atoms with Gasteiger partial charge in [0.2, 0.25) is 0 Å². The van der Waals surface area contributed by atoms with Crippen LogP contribution in [0, 0.1) is 20.8 Å². The third-order valence-corrected chi connectivity index (χ3v) is 5.55. The zero-order valence-electron chi connectivity index (χ0n) is 12.9. The van der Waals surface area contributed by atoms with E-state index in [2.05, 4.69) is 4.72 Å². The standard InChI is InChI=1S/C16H18ClNO3S/c1-10-5-6-13(9-14(10)17)18-22(19,20)16-8-7-15(21-4)11(2)12(16)3/h5-9,18H,1-4H3. The highest BCUT2D eigenvalue weighted by atomic mass is 35.5. The molecule has 0 aromatic heterocycles. The number of aryl methyl sites for hydroxylation is 1. The Morgan fingerprint density at radius 3 is 2.32 bits per heavy atom. The molecule has 2 aromatic rings. The van der Waals surface area contributed by atoms with Crippen molar-refractivity contribution >= 4 is 27.3 Å². The molecule has 6 heteroatoms. The van der Waals surface area contributed by atoms with Gasteiger partial charge in [0.25, 0.3) is 10.0 Å². The van der Waals surface area contributed by atoms with Crippen LogP contribution < -0.4 is 9.46 Å². The monoisotopic (exact) mass is 339 g/mol. The lowest BCUT2D eigenvalue weighted by Gasteiger charge is -2.14. The maximum atomic E-state index is 12.6. The van der Waals surface area contributed by atoms with Gasteiger partial charge in [-0.15, -0.1) is 0 Å². The van der Waals surface area contributed by atoms with E-state index in [4.69, 9.17) is 16.3 Å². The van der Waals surface area contributed by atoms with E-state index in [1.54, 1.807) is 44.4 Å². The fourth-order valence-corrected chi connectivity index (χ4v) is 3.68. The number of benzene rings is 2. The average Bonchev–Trinajstić information content (AvgIpc) is 2.45. The number of hydrogen-bond acceptors (Lipinski definition) is 3. The van der Waals surface area contributed by atoms with Crippen molar-refractivity contribution in [1.29, 1.82) is 0 Å². The number of sulfonamides is 1. The predicted molar refractivity (Wildman–Crippen MR) is 89.5 cm³/mol. The van der Waals surface area contributed by atoms with Crippen LogP contribution in [0.3, 0.4) is 0 Å². The first kappa shape index (κ1) is 16.6. The minimum Gasteiger partial charge on any atom is -0.496 e. The maximum absolute atomic E-state index is 12.6. The molecule has 0 spiro atoms. The second kappa shape index (κ2) is 6.18. The fourth-order valence-electron chi connectivity index (χ4n) is 2.15. The Kier molecular flexibility index (Phi) is 4.68. The normalized spacial score (nSPS) is 11.3. The van der Waals surface area contributed by atoms with Crippen LogP contribution in [0.1, 0.15) is 16.7 Å². The van der Waals surface area contributed by atoms with Gasteiger partial charge in [-0.25, -0.2) is 8.42 Å². The van der Waals surface area contributed by atoms with E-state index in [0.717, 1.165) is 11.1 Å². The highest BCUT2D eigenvalue weighted by Gasteiger charge is 2.19. The molecule has 1 N–H and O–H groups in total. The Bertz CT molecular complexity index is 816. The quantitative estimate of drug-likeness (QED) is 0.913. The van der Waals surface area contributed by atoms with Crippen molar-refractivity contribution in [2.24, 2.45) is 0 Å². The molecule has 2 rings (SSSR count). The second-order valence-electron chi connectivity index (χ2n) is 5.09. The van der Waals surface area contributed by atoms with Crippen LogP contribution in [0.5, 0.6) is 5.75 Å². The molecule has 0 bridgehead atoms. The molecule has 0 fully saturated rings. The van der Waals surface area contributed by atoms with E-state index in [1.165, 1.54) is 0 Å². The lowest BCUT2D eigenvalue weighted by atomic mass is 10.1. The van der Waals surface area contributed by atoms with E-state index in [1.807, 2.05) is 13.8 Å². The zero-order chi connectivity index (χ0) is 16.5. The van der Waals surface area contributed by atoms with Gasteiger partial charge in [-0.3, -0.25) is 4.72 Å². The minimum absolute atomic E-state index is 0.225. The topological polar surface area (TPSA) is 55.4 Å². The Hall–Kier alpha value is -1.72. The fraction of sp³-hybridized carbons (Fsp3) is 0.250. The van der Waals surface area contributed by atoms with Crippen LogP contribution in [0.2, 0.25) is 5.02 Å². The zero-order valence-corrected chi connectivity index (χ0v) is 14.5. The largest absolute Gasteiger partial charge is 0.496 e. The summed E-state index contributed by atoms with van der Waals surface area (Å²) in [7, 11) is -2.13. The van der Waals surface area contributed by atoms with Crippen molar-refractivity contribution in [2.45, 2.75) is 25.7 Å². The summed E-state index contributed by atoms with van der Waals surface area (Å²) in [5.41, 5.74) is 2.78. The summed E-state index contributed by atoms with van der Waals surface area (Å²) in [5, 5.41) is 0.517. The number of ether oxygens (including phenoxy) is 1. The predicted octanol–water partition coefficient (Wildman–Crippen LogP) is 4.07. The highest BCUT2D eigenvalue weighted by Crippen LogP contribution is 2.29. The second-order valence-corrected chi connectivity index (χ2v) is 7.14. The molecule has 0 unspecified atom stereocenters. The van der Waals surface area contributed by atoms with Crippen LogP contribution in [-0.4, -0.2) is 15.5 Å². The SMILES string of the molecule is COc1ccc(S(=O)(=O)Nc2ccc(C)c(Cl)c2)c(C)c1C. The summed E-state index contributed by atoms with van der Waals surface area (Å²) in [6.45, 7) is 5.45. The third kappa shape index (κ3) is 3.20. The van der Waals surface area contributed by atoms with Crippen molar-refractivity contribution < 1.29 is 13.2 Å². The maximum Gasteiger partial charge on any atom is 0.262 e. The van der Waals surface area contributed by atoms with E-state index >= 15 is 0 Å². The Balaban J connectivity index is 2.42. The van der Waals surface area contributed by atoms with Crippen LogP contribution in [0.15, 0.2) is 35.2 Å². The number of halogens is 1. The summed E-state index contributed by atoms with van der Waals surface area (Å²) in [6.07, 6.45) is 0. The van der Waals surface area contributed by atoms with Gasteiger partial charge in [-0.2, -0.15) is 0 Å². The van der Waals surface area contributed by atoms with Crippen molar-refractivity contribution in [3.05, 3.63) is 52.0 Å². The molecule has 0 aliphatic carbocycles. The van der Waals surface area contributed by atoms with Crippen LogP contribution in [0.25, 0.3) is 0 Å². The first-order valence-corrected chi connectivity index (χ1v) is 8.55. The van der Waals surface area contributed by atoms with Gasteiger partial charge >= 0.3 is 0 Å². The van der Waals surface area contributed by atoms with Gasteiger partial charge in [0.1, 0.15) is 5.75 Å². The highest BCUT2D eigenvalue weighted by molar-refractivity contribution is 7.92. The van der Waals surface area contributed by atoms with Gasteiger partial charge in [0, 0.05) is 5.02 Å². The number of anilines is 1. The van der Waals surface area contributed by atoms with Gasteiger partial charge in [0.05, 0.1) is 17.7 Å². The van der Waals surface area contributed by atoms with E-state index in [-0.39, 0.29) is 4.90 Å². The number of rotatable bonds is 4. The smallest absolute Gasteiger partial charge is 0.262 e. The van der Waals surface area contributed by atoms with Crippen LogP contribution >= 0.6 is 11.6 Å². The van der Waals surface area contributed by atoms with E-state index in [9.17, 15) is 8.42 Å². The molecule has 118 valence electrons. The molecule has 22 heavy (non-hydrogen) atoms. The molecule has 0 atom stereocenters. The molecular weight excluding hydrogens is 322 g/mol. The van der Waals surface area contributed by atoms with E-state index in [0.29, 0.717) is 22.0 Å². The summed E-state index contributed by atoms with van der Waals surface area (Å²) in [4.78, 5) is 0.225. The average molecular weight is 340 g/mol. The molecular formula is C16H18ClNO3S. The molecule has 0 saturated heterocycles. The number of nitrogens with one attached hydrogen (secondary N) is 1. The number of methoxy groups -OCH3 is 1. The third-order valence-electron chi connectivity index (χ3n) is 3.62. The van der Waals surface area contributed by atoms with Gasteiger partial charge in [0.15, 0.2) is 0 Å². The van der Waals surface area contributed by atoms with Gasteiger partial charge < -0.3 is 4.74 Å². The minimum atomic E-state index is -3.69. The first-order valence-electron chi connectivity index (χ1n) is 6.69. The van der Waals surface area contributed by atoms with Crippen molar-refractivity contribution in [3.8, 4) is 5.75 Å². The Morgan fingerprint density at radius 2 is 1.73 bits per heavy atom. The molecule has 0 aliphatic heterocycles. The summed E-state index contributed by atoms with van der Waals surface area (Å²) in [6, 6.07) is 8.25. The van der Waals surface area contributed by atoms with Crippen LogP contribution in [-0.2, 0) is 10.0 Å². The molecule has 0 saturated carbocycles.